The van der Waals surface area contributed by atoms with Gasteiger partial charge in [-0.3, -0.25) is 4.79 Å². The van der Waals surface area contributed by atoms with Crippen molar-refractivity contribution in [3.05, 3.63) is 64.9 Å². The molecular formula is C25H31ClN4O. The van der Waals surface area contributed by atoms with Gasteiger partial charge in [-0.2, -0.15) is 0 Å². The first-order valence-corrected chi connectivity index (χ1v) is 11.7. The predicted octanol–water partition coefficient (Wildman–Crippen LogP) is 4.83. The highest BCUT2D eigenvalue weighted by Crippen LogP contribution is 2.28. The Hall–Kier alpha value is -2.37. The average Bonchev–Trinajstić information content (AvgIpc) is 3.41. The highest BCUT2D eigenvalue weighted by atomic mass is 35.5. The monoisotopic (exact) mass is 438 g/mol. The molecule has 31 heavy (non-hydrogen) atoms. The number of amides is 1. The van der Waals surface area contributed by atoms with Gasteiger partial charge in [0.2, 0.25) is 5.91 Å². The lowest BCUT2D eigenvalue weighted by Gasteiger charge is -2.22. The zero-order chi connectivity index (χ0) is 21.6. The fourth-order valence-corrected chi connectivity index (χ4v) is 4.69. The molecule has 5 nitrogen and oxygen atoms in total. The molecule has 0 radical (unpaired) electrons. The van der Waals surface area contributed by atoms with Crippen LogP contribution in [0.15, 0.2) is 48.5 Å². The minimum Gasteiger partial charge on any atom is -0.353 e. The largest absolute Gasteiger partial charge is 0.353 e. The lowest BCUT2D eigenvalue weighted by atomic mass is 10.1. The van der Waals surface area contributed by atoms with Crippen molar-refractivity contribution in [2.24, 2.45) is 0 Å². The molecule has 4 rings (SSSR count). The standard InChI is InChI=1S/C25H31ClN4O/c1-2-9-23(25(31)27-14-17-29-15-7-8-16-29)30-22-13-6-5-12-21(22)28-24(30)18-19-10-3-4-11-20(19)26/h3-6,10-13,23H,2,7-9,14-18H2,1H3,(H,27,31). The number of carbonyl (C=O) groups excluding carboxylic acids is 1. The third kappa shape index (κ3) is 5.10. The van der Waals surface area contributed by atoms with Crippen molar-refractivity contribution in [3.8, 4) is 0 Å². The van der Waals surface area contributed by atoms with E-state index in [9.17, 15) is 4.79 Å². The van der Waals surface area contributed by atoms with Gasteiger partial charge < -0.3 is 14.8 Å². The number of imidazole rings is 1. The maximum absolute atomic E-state index is 13.3. The number of hydrogen-bond donors (Lipinski definition) is 1. The van der Waals surface area contributed by atoms with Crippen molar-refractivity contribution in [3.63, 3.8) is 0 Å². The van der Waals surface area contributed by atoms with Gasteiger partial charge in [-0.25, -0.2) is 4.98 Å². The zero-order valence-corrected chi connectivity index (χ0v) is 18.9. The van der Waals surface area contributed by atoms with Crippen molar-refractivity contribution in [1.29, 1.82) is 0 Å². The van der Waals surface area contributed by atoms with E-state index < -0.39 is 0 Å². The zero-order valence-electron chi connectivity index (χ0n) is 18.2. The molecule has 0 saturated carbocycles. The quantitative estimate of drug-likeness (QED) is 0.520. The molecule has 0 bridgehead atoms. The van der Waals surface area contributed by atoms with Gasteiger partial charge in [0, 0.05) is 24.5 Å². The van der Waals surface area contributed by atoms with E-state index in [0.29, 0.717) is 13.0 Å². The van der Waals surface area contributed by atoms with Crippen molar-refractivity contribution < 1.29 is 4.79 Å². The van der Waals surface area contributed by atoms with Crippen LogP contribution >= 0.6 is 11.6 Å². The van der Waals surface area contributed by atoms with Crippen LogP contribution in [-0.4, -0.2) is 46.5 Å². The second-order valence-electron chi connectivity index (χ2n) is 8.30. The summed E-state index contributed by atoms with van der Waals surface area (Å²) in [5.74, 6) is 0.951. The normalized spacial score (nSPS) is 15.4. The minimum absolute atomic E-state index is 0.0737. The number of nitrogens with one attached hydrogen (secondary N) is 1. The van der Waals surface area contributed by atoms with E-state index in [0.717, 1.165) is 59.9 Å². The highest BCUT2D eigenvalue weighted by molar-refractivity contribution is 6.31. The molecule has 1 atom stereocenters. The van der Waals surface area contributed by atoms with Crippen LogP contribution < -0.4 is 5.32 Å². The summed E-state index contributed by atoms with van der Waals surface area (Å²) in [6, 6.07) is 15.6. The van der Waals surface area contributed by atoms with Gasteiger partial charge in [0.15, 0.2) is 0 Å². The lowest BCUT2D eigenvalue weighted by molar-refractivity contribution is -0.124. The van der Waals surface area contributed by atoms with Gasteiger partial charge in [-0.1, -0.05) is 55.3 Å². The third-order valence-corrected chi connectivity index (χ3v) is 6.45. The SMILES string of the molecule is CCCC(C(=O)NCCN1CCCC1)n1c(Cc2ccccc2Cl)nc2ccccc21. The number of nitrogens with zero attached hydrogens (tertiary/aromatic N) is 3. The first-order chi connectivity index (χ1) is 15.2. The number of halogens is 1. The Balaban J connectivity index is 1.62. The number of para-hydroxylation sites is 2. The number of likely N-dealkylation sites (tertiary alicyclic amines) is 1. The molecule has 1 aromatic heterocycles. The van der Waals surface area contributed by atoms with Crippen LogP contribution in [-0.2, 0) is 11.2 Å². The first kappa shape index (κ1) is 21.8. The Morgan fingerprint density at radius 2 is 1.87 bits per heavy atom. The molecule has 1 amide bonds. The Bertz CT molecular complexity index is 1030. The maximum atomic E-state index is 13.3. The number of carbonyl (C=O) groups is 1. The van der Waals surface area contributed by atoms with Crippen molar-refractivity contribution in [1.82, 2.24) is 19.8 Å². The summed E-state index contributed by atoms with van der Waals surface area (Å²) in [5.41, 5.74) is 2.93. The van der Waals surface area contributed by atoms with E-state index in [1.807, 2.05) is 42.5 Å². The summed E-state index contributed by atoms with van der Waals surface area (Å²) in [7, 11) is 0. The van der Waals surface area contributed by atoms with E-state index in [-0.39, 0.29) is 11.9 Å². The van der Waals surface area contributed by atoms with E-state index in [1.54, 1.807) is 0 Å². The maximum Gasteiger partial charge on any atom is 0.243 e. The third-order valence-electron chi connectivity index (χ3n) is 6.08. The molecule has 1 aliphatic heterocycles. The molecular weight excluding hydrogens is 408 g/mol. The Morgan fingerprint density at radius 1 is 1.13 bits per heavy atom. The first-order valence-electron chi connectivity index (χ1n) is 11.4. The second-order valence-corrected chi connectivity index (χ2v) is 8.71. The van der Waals surface area contributed by atoms with E-state index in [2.05, 4.69) is 27.8 Å². The van der Waals surface area contributed by atoms with E-state index >= 15 is 0 Å². The molecule has 1 saturated heterocycles. The van der Waals surface area contributed by atoms with Gasteiger partial charge in [-0.15, -0.1) is 0 Å². The summed E-state index contributed by atoms with van der Waals surface area (Å²) < 4.78 is 2.13. The van der Waals surface area contributed by atoms with Gasteiger partial charge in [0.05, 0.1) is 11.0 Å². The van der Waals surface area contributed by atoms with Crippen LogP contribution in [0.5, 0.6) is 0 Å². The fourth-order valence-electron chi connectivity index (χ4n) is 4.49. The molecule has 1 N–H and O–H groups in total. The number of benzene rings is 2. The second kappa shape index (κ2) is 10.3. The summed E-state index contributed by atoms with van der Waals surface area (Å²) in [4.78, 5) is 20.6. The Labute approximate surface area is 189 Å². The lowest BCUT2D eigenvalue weighted by Crippen LogP contribution is -2.38. The van der Waals surface area contributed by atoms with Crippen LogP contribution in [0.25, 0.3) is 11.0 Å². The Kier molecular flexibility index (Phi) is 7.25. The topological polar surface area (TPSA) is 50.2 Å². The van der Waals surface area contributed by atoms with Gasteiger partial charge in [0.25, 0.3) is 0 Å². The van der Waals surface area contributed by atoms with Crippen molar-refractivity contribution in [2.75, 3.05) is 26.2 Å². The summed E-state index contributed by atoms with van der Waals surface area (Å²) in [6.07, 6.45) is 4.81. The molecule has 164 valence electrons. The Morgan fingerprint density at radius 3 is 2.65 bits per heavy atom. The minimum atomic E-state index is -0.284. The van der Waals surface area contributed by atoms with E-state index in [1.165, 1.54) is 12.8 Å². The van der Waals surface area contributed by atoms with Crippen LogP contribution in [0.4, 0.5) is 0 Å². The molecule has 0 spiro atoms. The molecule has 1 aliphatic rings. The number of rotatable bonds is 9. The summed E-state index contributed by atoms with van der Waals surface area (Å²) in [6.45, 7) is 6.01. The van der Waals surface area contributed by atoms with Crippen LogP contribution in [0.2, 0.25) is 5.02 Å². The molecule has 0 aliphatic carbocycles. The van der Waals surface area contributed by atoms with Gasteiger partial charge >= 0.3 is 0 Å². The van der Waals surface area contributed by atoms with E-state index in [4.69, 9.17) is 16.6 Å². The van der Waals surface area contributed by atoms with Crippen molar-refractivity contribution in [2.45, 2.75) is 45.1 Å². The van der Waals surface area contributed by atoms with Crippen molar-refractivity contribution >= 4 is 28.5 Å². The number of hydrogen-bond acceptors (Lipinski definition) is 3. The highest BCUT2D eigenvalue weighted by Gasteiger charge is 2.25. The number of fused-ring (bicyclic) bond motifs is 1. The molecule has 2 heterocycles. The average molecular weight is 439 g/mol. The molecule has 6 heteroatoms. The van der Waals surface area contributed by atoms with Crippen LogP contribution in [0.1, 0.15) is 50.0 Å². The van der Waals surface area contributed by atoms with Crippen LogP contribution in [0, 0.1) is 0 Å². The van der Waals surface area contributed by atoms with Gasteiger partial charge in [0.1, 0.15) is 11.9 Å². The number of aromatic nitrogens is 2. The summed E-state index contributed by atoms with van der Waals surface area (Å²) >= 11 is 6.44. The van der Waals surface area contributed by atoms with Gasteiger partial charge in [-0.05, 0) is 56.1 Å². The summed E-state index contributed by atoms with van der Waals surface area (Å²) in [5, 5.41) is 3.92. The molecule has 2 aromatic carbocycles. The molecule has 3 aromatic rings. The molecule has 1 unspecified atom stereocenters. The van der Waals surface area contributed by atoms with Crippen LogP contribution in [0.3, 0.4) is 0 Å². The molecule has 1 fully saturated rings. The predicted molar refractivity (Wildman–Crippen MR) is 127 cm³/mol. The smallest absolute Gasteiger partial charge is 0.243 e. The fraction of sp³-hybridized carbons (Fsp3) is 0.440.